The number of hydrogen-bond donors (Lipinski definition) is 1. The molecule has 0 saturated carbocycles. The predicted octanol–water partition coefficient (Wildman–Crippen LogP) is 2.16. The van der Waals surface area contributed by atoms with E-state index in [0.717, 1.165) is 25.2 Å². The molecule has 0 aliphatic carbocycles. The average Bonchev–Trinajstić information content (AvgIpc) is 2.82. The van der Waals surface area contributed by atoms with Crippen molar-refractivity contribution in [3.63, 3.8) is 0 Å². The number of thioether (sulfide) groups is 1. The molecule has 4 heteroatoms. The van der Waals surface area contributed by atoms with Gasteiger partial charge in [-0.15, -0.1) is 11.8 Å². The van der Waals surface area contributed by atoms with Gasteiger partial charge < -0.3 is 10.5 Å². The molecule has 3 nitrogen and oxygen atoms in total. The van der Waals surface area contributed by atoms with E-state index in [1.165, 1.54) is 4.90 Å². The first kappa shape index (κ1) is 12.5. The first-order valence-electron chi connectivity index (χ1n) is 5.80. The monoisotopic (exact) mass is 251 g/mol. The van der Waals surface area contributed by atoms with Crippen molar-refractivity contribution < 1.29 is 9.53 Å². The van der Waals surface area contributed by atoms with Gasteiger partial charge in [0.25, 0.3) is 0 Å². The van der Waals surface area contributed by atoms with Gasteiger partial charge in [-0.25, -0.2) is 0 Å². The molecule has 1 fully saturated rings. The van der Waals surface area contributed by atoms with Crippen LogP contribution in [0, 0.1) is 0 Å². The normalized spacial score (nSPS) is 21.4. The first-order chi connectivity index (χ1) is 8.16. The highest BCUT2D eigenvalue weighted by Gasteiger charge is 2.17. The van der Waals surface area contributed by atoms with Crippen LogP contribution < -0.4 is 5.73 Å². The standard InChI is InChI=1S/C13H17NO2S/c1-9(13(14)15)10-2-4-11(5-3-10)17-12-6-7-16-8-12/h2-5,9,12H,6-8H2,1H3,(H2,14,15). The summed E-state index contributed by atoms with van der Waals surface area (Å²) in [5.41, 5.74) is 6.25. The van der Waals surface area contributed by atoms with E-state index in [2.05, 4.69) is 12.1 Å². The number of carbonyl (C=O) groups excluding carboxylic acids is 1. The van der Waals surface area contributed by atoms with Crippen LogP contribution in [0.4, 0.5) is 0 Å². The van der Waals surface area contributed by atoms with Gasteiger partial charge in [-0.05, 0) is 31.0 Å². The van der Waals surface area contributed by atoms with Crippen LogP contribution in [0.5, 0.6) is 0 Å². The van der Waals surface area contributed by atoms with Gasteiger partial charge in [0.2, 0.25) is 5.91 Å². The molecule has 2 unspecified atom stereocenters. The molecular weight excluding hydrogens is 234 g/mol. The summed E-state index contributed by atoms with van der Waals surface area (Å²) >= 11 is 1.84. The van der Waals surface area contributed by atoms with E-state index in [-0.39, 0.29) is 11.8 Å². The molecule has 1 aromatic carbocycles. The van der Waals surface area contributed by atoms with Crippen molar-refractivity contribution in [1.82, 2.24) is 0 Å². The van der Waals surface area contributed by atoms with Gasteiger partial charge in [0.1, 0.15) is 0 Å². The molecule has 1 aliphatic rings. The Balaban J connectivity index is 1.99. The van der Waals surface area contributed by atoms with Gasteiger partial charge in [0.15, 0.2) is 0 Å². The van der Waals surface area contributed by atoms with E-state index in [1.54, 1.807) is 0 Å². The first-order valence-corrected chi connectivity index (χ1v) is 6.68. The molecule has 0 aromatic heterocycles. The number of nitrogens with two attached hydrogens (primary N) is 1. The van der Waals surface area contributed by atoms with Gasteiger partial charge >= 0.3 is 0 Å². The third kappa shape index (κ3) is 3.23. The minimum absolute atomic E-state index is 0.219. The number of benzene rings is 1. The summed E-state index contributed by atoms with van der Waals surface area (Å²) < 4.78 is 5.34. The Labute approximate surface area is 106 Å². The number of amides is 1. The summed E-state index contributed by atoms with van der Waals surface area (Å²) in [4.78, 5) is 12.3. The average molecular weight is 251 g/mol. The maximum Gasteiger partial charge on any atom is 0.224 e. The topological polar surface area (TPSA) is 52.3 Å². The van der Waals surface area contributed by atoms with E-state index in [0.29, 0.717) is 5.25 Å². The largest absolute Gasteiger partial charge is 0.380 e. The van der Waals surface area contributed by atoms with E-state index >= 15 is 0 Å². The Hall–Kier alpha value is -1.00. The summed E-state index contributed by atoms with van der Waals surface area (Å²) in [5, 5.41) is 0.564. The molecule has 0 spiro atoms. The van der Waals surface area contributed by atoms with E-state index < -0.39 is 0 Å². The van der Waals surface area contributed by atoms with Crippen LogP contribution in [0.15, 0.2) is 29.2 Å². The molecular formula is C13H17NO2S. The minimum Gasteiger partial charge on any atom is -0.380 e. The maximum atomic E-state index is 11.1. The lowest BCUT2D eigenvalue weighted by Crippen LogP contribution is -2.18. The summed E-state index contributed by atoms with van der Waals surface area (Å²) in [5.74, 6) is -0.501. The molecule has 2 atom stereocenters. The highest BCUT2D eigenvalue weighted by Crippen LogP contribution is 2.29. The lowest BCUT2D eigenvalue weighted by atomic mass is 10.0. The van der Waals surface area contributed by atoms with Crippen LogP contribution in [0.25, 0.3) is 0 Å². The number of hydrogen-bond acceptors (Lipinski definition) is 3. The second-order valence-electron chi connectivity index (χ2n) is 4.30. The van der Waals surface area contributed by atoms with Crippen molar-refractivity contribution in [3.8, 4) is 0 Å². The fraction of sp³-hybridized carbons (Fsp3) is 0.462. The molecule has 0 radical (unpaired) electrons. The number of ether oxygens (including phenoxy) is 1. The fourth-order valence-corrected chi connectivity index (χ4v) is 2.85. The molecule has 2 N–H and O–H groups in total. The Bertz CT molecular complexity index is 385. The maximum absolute atomic E-state index is 11.1. The second kappa shape index (κ2) is 5.56. The Kier molecular flexibility index (Phi) is 4.07. The van der Waals surface area contributed by atoms with Crippen molar-refractivity contribution in [1.29, 1.82) is 0 Å². The molecule has 1 heterocycles. The zero-order valence-corrected chi connectivity index (χ0v) is 10.7. The summed E-state index contributed by atoms with van der Waals surface area (Å²) in [6.45, 7) is 3.54. The predicted molar refractivity (Wildman–Crippen MR) is 69.1 cm³/mol. The molecule has 17 heavy (non-hydrogen) atoms. The van der Waals surface area contributed by atoms with E-state index in [9.17, 15) is 4.79 Å². The van der Waals surface area contributed by atoms with Gasteiger partial charge in [-0.1, -0.05) is 12.1 Å². The van der Waals surface area contributed by atoms with Crippen LogP contribution in [0.1, 0.15) is 24.8 Å². The van der Waals surface area contributed by atoms with Gasteiger partial charge in [-0.2, -0.15) is 0 Å². The van der Waals surface area contributed by atoms with Crippen LogP contribution in [0.3, 0.4) is 0 Å². The third-order valence-corrected chi connectivity index (χ3v) is 4.25. The van der Waals surface area contributed by atoms with Crippen LogP contribution in [0.2, 0.25) is 0 Å². The zero-order valence-electron chi connectivity index (χ0n) is 9.89. The summed E-state index contributed by atoms with van der Waals surface area (Å²) in [6.07, 6.45) is 1.12. The summed E-state index contributed by atoms with van der Waals surface area (Å²) in [7, 11) is 0. The molecule has 1 aliphatic heterocycles. The van der Waals surface area contributed by atoms with Crippen molar-refractivity contribution in [2.75, 3.05) is 13.2 Å². The van der Waals surface area contributed by atoms with E-state index in [4.69, 9.17) is 10.5 Å². The summed E-state index contributed by atoms with van der Waals surface area (Å²) in [6, 6.07) is 8.07. The fourth-order valence-electron chi connectivity index (χ4n) is 1.80. The van der Waals surface area contributed by atoms with Gasteiger partial charge in [-0.3, -0.25) is 4.79 Å². The minimum atomic E-state index is -0.283. The van der Waals surface area contributed by atoms with Crippen LogP contribution >= 0.6 is 11.8 Å². The number of carbonyl (C=O) groups is 1. The number of rotatable bonds is 4. The molecule has 1 amide bonds. The lowest BCUT2D eigenvalue weighted by Gasteiger charge is -2.10. The molecule has 1 aromatic rings. The Morgan fingerprint density at radius 2 is 2.18 bits per heavy atom. The lowest BCUT2D eigenvalue weighted by molar-refractivity contribution is -0.119. The van der Waals surface area contributed by atoms with Crippen LogP contribution in [-0.2, 0) is 9.53 Å². The molecule has 92 valence electrons. The van der Waals surface area contributed by atoms with Crippen molar-refractivity contribution in [3.05, 3.63) is 29.8 Å². The smallest absolute Gasteiger partial charge is 0.224 e. The molecule has 0 bridgehead atoms. The Morgan fingerprint density at radius 3 is 2.71 bits per heavy atom. The van der Waals surface area contributed by atoms with E-state index in [1.807, 2.05) is 30.8 Å². The Morgan fingerprint density at radius 1 is 1.47 bits per heavy atom. The molecule has 1 saturated heterocycles. The highest BCUT2D eigenvalue weighted by molar-refractivity contribution is 8.00. The highest BCUT2D eigenvalue weighted by atomic mass is 32.2. The zero-order chi connectivity index (χ0) is 12.3. The third-order valence-electron chi connectivity index (χ3n) is 3.00. The van der Waals surface area contributed by atoms with Gasteiger partial charge in [0, 0.05) is 16.8 Å². The van der Waals surface area contributed by atoms with Crippen LogP contribution in [-0.4, -0.2) is 24.4 Å². The van der Waals surface area contributed by atoms with Crippen molar-refractivity contribution in [2.24, 2.45) is 5.73 Å². The van der Waals surface area contributed by atoms with Crippen molar-refractivity contribution in [2.45, 2.75) is 29.4 Å². The number of primary amides is 1. The molecule has 2 rings (SSSR count). The SMILES string of the molecule is CC(C(N)=O)c1ccc(SC2CCOC2)cc1. The van der Waals surface area contributed by atoms with Gasteiger partial charge in [0.05, 0.1) is 12.5 Å². The quantitative estimate of drug-likeness (QED) is 0.892. The second-order valence-corrected chi connectivity index (χ2v) is 5.67. The van der Waals surface area contributed by atoms with Crippen molar-refractivity contribution >= 4 is 17.7 Å².